The number of nitrogens with zero attached hydrogens (tertiary/aromatic N) is 1. The maximum absolute atomic E-state index is 9.62. The Kier molecular flexibility index (Phi) is 5.62. The van der Waals surface area contributed by atoms with Crippen LogP contribution < -0.4 is 5.32 Å². The van der Waals surface area contributed by atoms with Crippen LogP contribution in [0.2, 0.25) is 0 Å². The van der Waals surface area contributed by atoms with E-state index in [2.05, 4.69) is 18.3 Å². The second-order valence-electron chi connectivity index (χ2n) is 6.65. The molecule has 0 unspecified atom stereocenters. The van der Waals surface area contributed by atoms with E-state index in [0.29, 0.717) is 0 Å². The predicted molar refractivity (Wildman–Crippen MR) is 74.1 cm³/mol. The van der Waals surface area contributed by atoms with Gasteiger partial charge in [-0.15, -0.1) is 0 Å². The number of rotatable bonds is 6. The summed E-state index contributed by atoms with van der Waals surface area (Å²) in [7, 11) is 0. The van der Waals surface area contributed by atoms with Crippen LogP contribution in [0.15, 0.2) is 0 Å². The molecule has 0 amide bonds. The molecule has 1 fully saturated rings. The molecule has 1 rings (SSSR count). The van der Waals surface area contributed by atoms with Gasteiger partial charge in [-0.3, -0.25) is 0 Å². The van der Waals surface area contributed by atoms with Crippen molar-refractivity contribution in [3.8, 4) is 6.07 Å². The lowest BCUT2D eigenvalue weighted by Gasteiger charge is -2.39. The first kappa shape index (κ1) is 15.5. The third-order valence-corrected chi connectivity index (χ3v) is 4.32. The van der Waals surface area contributed by atoms with Crippen LogP contribution in [-0.4, -0.2) is 23.8 Å². The van der Waals surface area contributed by atoms with Crippen LogP contribution in [0, 0.1) is 22.7 Å². The van der Waals surface area contributed by atoms with Crippen LogP contribution in [0.1, 0.15) is 59.3 Å². The molecule has 104 valence electrons. The van der Waals surface area contributed by atoms with Gasteiger partial charge in [-0.1, -0.05) is 6.92 Å². The van der Waals surface area contributed by atoms with Gasteiger partial charge in [0, 0.05) is 5.54 Å². The van der Waals surface area contributed by atoms with E-state index in [1.165, 1.54) is 12.8 Å². The zero-order valence-corrected chi connectivity index (χ0v) is 12.1. The van der Waals surface area contributed by atoms with E-state index in [9.17, 15) is 5.11 Å². The van der Waals surface area contributed by atoms with Gasteiger partial charge in [-0.2, -0.15) is 5.26 Å². The van der Waals surface area contributed by atoms with Crippen LogP contribution >= 0.6 is 0 Å². The third-order valence-electron chi connectivity index (χ3n) is 4.32. The van der Waals surface area contributed by atoms with Crippen molar-refractivity contribution in [3.63, 3.8) is 0 Å². The molecule has 0 spiro atoms. The summed E-state index contributed by atoms with van der Waals surface area (Å²) in [6, 6.07) is 2.33. The topological polar surface area (TPSA) is 56.0 Å². The van der Waals surface area contributed by atoms with E-state index >= 15 is 0 Å². The summed E-state index contributed by atoms with van der Waals surface area (Å²) in [5.41, 5.74) is -0.279. The van der Waals surface area contributed by atoms with Gasteiger partial charge in [-0.25, -0.2) is 0 Å². The average Bonchev–Trinajstić information content (AvgIpc) is 2.37. The van der Waals surface area contributed by atoms with Crippen molar-refractivity contribution in [1.29, 1.82) is 5.26 Å². The van der Waals surface area contributed by atoms with E-state index in [0.717, 1.165) is 38.1 Å². The molecular formula is C15H28N2O. The molecule has 18 heavy (non-hydrogen) atoms. The van der Waals surface area contributed by atoms with Gasteiger partial charge < -0.3 is 10.4 Å². The van der Waals surface area contributed by atoms with E-state index in [1.54, 1.807) is 0 Å². The van der Waals surface area contributed by atoms with E-state index < -0.39 is 0 Å². The molecule has 0 aromatic carbocycles. The van der Waals surface area contributed by atoms with Crippen LogP contribution in [0.25, 0.3) is 0 Å². The molecule has 3 heteroatoms. The van der Waals surface area contributed by atoms with Crippen molar-refractivity contribution < 1.29 is 5.11 Å². The standard InChI is InChI=1S/C15H28N2O/c1-13-5-8-15(12-18,9-6-13)17-10-4-7-14(2,3)11-16/h13,17-18H,4-10,12H2,1-3H3. The average molecular weight is 252 g/mol. The number of nitriles is 1. The highest BCUT2D eigenvalue weighted by Gasteiger charge is 2.32. The lowest BCUT2D eigenvalue weighted by atomic mass is 9.77. The Balaban J connectivity index is 2.30. The predicted octanol–water partition coefficient (Wildman–Crippen LogP) is 2.85. The summed E-state index contributed by atoms with van der Waals surface area (Å²) < 4.78 is 0. The number of hydrogen-bond donors (Lipinski definition) is 2. The monoisotopic (exact) mass is 252 g/mol. The second-order valence-corrected chi connectivity index (χ2v) is 6.65. The molecule has 0 radical (unpaired) electrons. The van der Waals surface area contributed by atoms with E-state index in [-0.39, 0.29) is 17.6 Å². The molecule has 2 N–H and O–H groups in total. The Morgan fingerprint density at radius 3 is 2.50 bits per heavy atom. The SMILES string of the molecule is CC1CCC(CO)(NCCCC(C)(C)C#N)CC1. The Hall–Kier alpha value is -0.590. The molecule has 0 atom stereocenters. The van der Waals surface area contributed by atoms with Gasteiger partial charge in [0.25, 0.3) is 0 Å². The Labute approximate surface area is 112 Å². The number of aliphatic hydroxyl groups is 1. The van der Waals surface area contributed by atoms with Crippen molar-refractivity contribution in [2.24, 2.45) is 11.3 Å². The van der Waals surface area contributed by atoms with Gasteiger partial charge in [0.2, 0.25) is 0 Å². The van der Waals surface area contributed by atoms with Crippen LogP contribution in [0.5, 0.6) is 0 Å². The largest absolute Gasteiger partial charge is 0.394 e. The van der Waals surface area contributed by atoms with Gasteiger partial charge in [0.15, 0.2) is 0 Å². The molecule has 0 aliphatic heterocycles. The fraction of sp³-hybridized carbons (Fsp3) is 0.933. The van der Waals surface area contributed by atoms with Gasteiger partial charge >= 0.3 is 0 Å². The highest BCUT2D eigenvalue weighted by atomic mass is 16.3. The smallest absolute Gasteiger partial charge is 0.0683 e. The van der Waals surface area contributed by atoms with Crippen molar-refractivity contribution in [1.82, 2.24) is 5.32 Å². The molecule has 0 saturated heterocycles. The molecule has 1 aliphatic carbocycles. The summed E-state index contributed by atoms with van der Waals surface area (Å²) in [4.78, 5) is 0. The second kappa shape index (κ2) is 6.54. The quantitative estimate of drug-likeness (QED) is 0.715. The number of aliphatic hydroxyl groups excluding tert-OH is 1. The molecule has 0 aromatic heterocycles. The number of hydrogen-bond acceptors (Lipinski definition) is 3. The van der Waals surface area contributed by atoms with Crippen molar-refractivity contribution in [2.75, 3.05) is 13.2 Å². The highest BCUT2D eigenvalue weighted by molar-refractivity contribution is 4.93. The first-order valence-corrected chi connectivity index (χ1v) is 7.20. The lowest BCUT2D eigenvalue weighted by Crippen LogP contribution is -2.51. The van der Waals surface area contributed by atoms with Crippen LogP contribution in [0.4, 0.5) is 0 Å². The Morgan fingerprint density at radius 2 is 2.00 bits per heavy atom. The van der Waals surface area contributed by atoms with Crippen LogP contribution in [-0.2, 0) is 0 Å². The van der Waals surface area contributed by atoms with Gasteiger partial charge in [0.05, 0.1) is 18.1 Å². The highest BCUT2D eigenvalue weighted by Crippen LogP contribution is 2.31. The van der Waals surface area contributed by atoms with Gasteiger partial charge in [-0.05, 0) is 64.8 Å². The minimum Gasteiger partial charge on any atom is -0.394 e. The van der Waals surface area contributed by atoms with Crippen molar-refractivity contribution >= 4 is 0 Å². The van der Waals surface area contributed by atoms with Crippen molar-refractivity contribution in [3.05, 3.63) is 0 Å². The fourth-order valence-corrected chi connectivity index (χ4v) is 2.65. The molecular weight excluding hydrogens is 224 g/mol. The zero-order chi connectivity index (χ0) is 13.6. The fourth-order valence-electron chi connectivity index (χ4n) is 2.65. The third kappa shape index (κ3) is 4.59. The maximum Gasteiger partial charge on any atom is 0.0683 e. The Bertz CT molecular complexity index is 285. The first-order valence-electron chi connectivity index (χ1n) is 7.20. The molecule has 3 nitrogen and oxygen atoms in total. The van der Waals surface area contributed by atoms with Crippen LogP contribution in [0.3, 0.4) is 0 Å². The number of nitrogens with one attached hydrogen (secondary N) is 1. The molecule has 1 aliphatic rings. The minimum atomic E-state index is -0.227. The summed E-state index contributed by atoms with van der Waals surface area (Å²) >= 11 is 0. The Morgan fingerprint density at radius 1 is 1.39 bits per heavy atom. The molecule has 0 heterocycles. The summed E-state index contributed by atoms with van der Waals surface area (Å²) in [5, 5.41) is 22.1. The maximum atomic E-state index is 9.62. The van der Waals surface area contributed by atoms with Crippen molar-refractivity contribution in [2.45, 2.75) is 64.8 Å². The normalized spacial score (nSPS) is 28.9. The molecule has 0 bridgehead atoms. The van der Waals surface area contributed by atoms with E-state index in [1.807, 2.05) is 13.8 Å². The lowest BCUT2D eigenvalue weighted by molar-refractivity contribution is 0.105. The van der Waals surface area contributed by atoms with Gasteiger partial charge in [0.1, 0.15) is 0 Å². The molecule has 1 saturated carbocycles. The summed E-state index contributed by atoms with van der Waals surface area (Å²) in [6.07, 6.45) is 6.47. The first-order chi connectivity index (χ1) is 8.43. The van der Waals surface area contributed by atoms with E-state index in [4.69, 9.17) is 5.26 Å². The summed E-state index contributed by atoms with van der Waals surface area (Å²) in [6.45, 7) is 7.40. The summed E-state index contributed by atoms with van der Waals surface area (Å²) in [5.74, 6) is 0.795. The molecule has 0 aromatic rings. The zero-order valence-electron chi connectivity index (χ0n) is 12.1. The minimum absolute atomic E-state index is 0.0523.